The molecule has 7 nitrogen and oxygen atoms in total. The van der Waals surface area contributed by atoms with Crippen LogP contribution in [0.3, 0.4) is 0 Å². The molecule has 1 aromatic carbocycles. The summed E-state index contributed by atoms with van der Waals surface area (Å²) in [5.74, 6) is -1.21. The van der Waals surface area contributed by atoms with Gasteiger partial charge in [0.15, 0.2) is 0 Å². The van der Waals surface area contributed by atoms with Gasteiger partial charge in [0.25, 0.3) is 0 Å². The highest BCUT2D eigenvalue weighted by Crippen LogP contribution is 2.40. The molecule has 1 aliphatic carbocycles. The van der Waals surface area contributed by atoms with Gasteiger partial charge in [-0.1, -0.05) is 19.1 Å². The first-order valence-electron chi connectivity index (χ1n) is 12.2. The van der Waals surface area contributed by atoms with Gasteiger partial charge in [0.1, 0.15) is 17.5 Å². The molecule has 0 saturated heterocycles. The highest BCUT2D eigenvalue weighted by Gasteiger charge is 2.39. The van der Waals surface area contributed by atoms with Crippen molar-refractivity contribution >= 4 is 57.8 Å². The van der Waals surface area contributed by atoms with Crippen molar-refractivity contribution in [3.8, 4) is 10.4 Å². The second-order valence-corrected chi connectivity index (χ2v) is 11.4. The number of esters is 1. The molecule has 2 heterocycles. The molecule has 1 N–H and O–H groups in total. The maximum Gasteiger partial charge on any atom is 0.406 e. The lowest BCUT2D eigenvalue weighted by atomic mass is 9.82. The number of methoxy groups -OCH3 is 1. The van der Waals surface area contributed by atoms with E-state index in [0.29, 0.717) is 45.5 Å². The lowest BCUT2D eigenvalue weighted by molar-refractivity contribution is -0.135. The van der Waals surface area contributed by atoms with Crippen molar-refractivity contribution in [2.24, 2.45) is 16.8 Å². The Morgan fingerprint density at radius 3 is 2.39 bits per heavy atom. The minimum absolute atomic E-state index is 0.0711. The summed E-state index contributed by atoms with van der Waals surface area (Å²) in [6.07, 6.45) is -2.10. The number of nitrogens with zero attached hydrogens (tertiary/aromatic N) is 2. The summed E-state index contributed by atoms with van der Waals surface area (Å²) in [6, 6.07) is 7.70. The SMILES string of the molecule is COC(=O)c1sc(-c2ccc(NC(=O)C3CSC=N3)cc2)cc1N(CC(F)(F)F)C(=O)C1CCC(C)CC1. The van der Waals surface area contributed by atoms with Crippen molar-refractivity contribution in [1.29, 1.82) is 0 Å². The van der Waals surface area contributed by atoms with Crippen LogP contribution in [-0.2, 0) is 14.3 Å². The van der Waals surface area contributed by atoms with E-state index < -0.39 is 36.6 Å². The van der Waals surface area contributed by atoms with Crippen LogP contribution in [0.25, 0.3) is 10.4 Å². The summed E-state index contributed by atoms with van der Waals surface area (Å²) in [7, 11) is 1.15. The number of halogens is 3. The van der Waals surface area contributed by atoms with Gasteiger partial charge in [-0.25, -0.2) is 4.79 Å². The molecule has 2 aromatic rings. The summed E-state index contributed by atoms with van der Waals surface area (Å²) in [4.78, 5) is 43.5. The van der Waals surface area contributed by atoms with Crippen LogP contribution in [-0.4, -0.2) is 55.0 Å². The highest BCUT2D eigenvalue weighted by molar-refractivity contribution is 8.12. The van der Waals surface area contributed by atoms with Crippen LogP contribution in [0.1, 0.15) is 42.3 Å². The summed E-state index contributed by atoms with van der Waals surface area (Å²) in [6.45, 7) is 0.568. The number of alkyl halides is 3. The molecule has 2 aliphatic rings. The molecule has 1 aromatic heterocycles. The number of hydrogen-bond donors (Lipinski definition) is 1. The van der Waals surface area contributed by atoms with Crippen LogP contribution in [0.5, 0.6) is 0 Å². The summed E-state index contributed by atoms with van der Waals surface area (Å²) < 4.78 is 45.8. The van der Waals surface area contributed by atoms with E-state index in [1.54, 1.807) is 29.8 Å². The number of amides is 2. The maximum absolute atomic E-state index is 13.6. The molecule has 1 unspecified atom stereocenters. The molecular weight excluding hydrogens is 539 g/mol. The number of anilines is 2. The Morgan fingerprint density at radius 1 is 1.13 bits per heavy atom. The number of carbonyl (C=O) groups excluding carboxylic acids is 3. The first-order valence-corrected chi connectivity index (χ1v) is 14.1. The fourth-order valence-corrected chi connectivity index (χ4v) is 6.36. The highest BCUT2D eigenvalue weighted by atomic mass is 32.2. The van der Waals surface area contributed by atoms with E-state index in [4.69, 9.17) is 4.74 Å². The fourth-order valence-electron chi connectivity index (χ4n) is 4.53. The fraction of sp³-hybridized carbons (Fsp3) is 0.462. The number of nitrogens with one attached hydrogen (secondary N) is 1. The number of ether oxygens (including phenoxy) is 1. The van der Waals surface area contributed by atoms with Crippen LogP contribution in [0.15, 0.2) is 35.3 Å². The summed E-state index contributed by atoms with van der Waals surface area (Å²) in [5.41, 5.74) is 2.69. The lowest BCUT2D eigenvalue weighted by Crippen LogP contribution is -2.43. The van der Waals surface area contributed by atoms with Gasteiger partial charge in [-0.05, 0) is 55.4 Å². The molecule has 38 heavy (non-hydrogen) atoms. The van der Waals surface area contributed by atoms with Crippen LogP contribution < -0.4 is 10.2 Å². The number of thiophene rings is 1. The van der Waals surface area contributed by atoms with Gasteiger partial charge in [0, 0.05) is 22.2 Å². The number of benzene rings is 1. The van der Waals surface area contributed by atoms with E-state index in [-0.39, 0.29) is 16.5 Å². The molecule has 0 radical (unpaired) electrons. The minimum Gasteiger partial charge on any atom is -0.465 e. The zero-order valence-electron chi connectivity index (χ0n) is 20.9. The van der Waals surface area contributed by atoms with Crippen molar-refractivity contribution in [2.45, 2.75) is 44.8 Å². The van der Waals surface area contributed by atoms with Crippen molar-refractivity contribution in [3.63, 3.8) is 0 Å². The molecule has 1 aliphatic heterocycles. The average molecular weight is 568 g/mol. The van der Waals surface area contributed by atoms with E-state index in [2.05, 4.69) is 17.2 Å². The van der Waals surface area contributed by atoms with E-state index in [9.17, 15) is 27.6 Å². The van der Waals surface area contributed by atoms with Gasteiger partial charge in [-0.3, -0.25) is 14.6 Å². The van der Waals surface area contributed by atoms with Gasteiger partial charge in [-0.2, -0.15) is 13.2 Å². The van der Waals surface area contributed by atoms with Crippen LogP contribution in [0.2, 0.25) is 0 Å². The number of thioether (sulfide) groups is 1. The molecule has 1 atom stereocenters. The topological polar surface area (TPSA) is 88.1 Å². The smallest absolute Gasteiger partial charge is 0.406 e. The third-order valence-electron chi connectivity index (χ3n) is 6.65. The van der Waals surface area contributed by atoms with E-state index in [0.717, 1.165) is 31.3 Å². The average Bonchev–Trinajstić information content (AvgIpc) is 3.58. The van der Waals surface area contributed by atoms with Gasteiger partial charge in [-0.15, -0.1) is 23.1 Å². The summed E-state index contributed by atoms with van der Waals surface area (Å²) in [5, 5.41) is 2.79. The Kier molecular flexibility index (Phi) is 8.81. The molecule has 204 valence electrons. The predicted molar refractivity (Wildman–Crippen MR) is 144 cm³/mol. The quantitative estimate of drug-likeness (QED) is 0.415. The zero-order valence-corrected chi connectivity index (χ0v) is 22.5. The largest absolute Gasteiger partial charge is 0.465 e. The second-order valence-electron chi connectivity index (χ2n) is 9.48. The van der Waals surface area contributed by atoms with Crippen LogP contribution in [0.4, 0.5) is 24.5 Å². The first-order chi connectivity index (χ1) is 18.1. The lowest BCUT2D eigenvalue weighted by Gasteiger charge is -2.31. The van der Waals surface area contributed by atoms with Crippen LogP contribution >= 0.6 is 23.1 Å². The Bertz CT molecular complexity index is 1210. The standard InChI is InChI=1S/C26H28F3N3O4S2/c1-15-3-5-17(6-4-15)24(34)32(13-26(27,28)29)20-11-21(38-22(20)25(35)36-2)16-7-9-18(10-8-16)31-23(33)19-12-37-14-30-19/h7-11,14-15,17,19H,3-6,12-13H2,1-2H3,(H,31,33). The molecule has 0 bridgehead atoms. The Balaban J connectivity index is 1.63. The Hall–Kier alpha value is -2.86. The van der Waals surface area contributed by atoms with E-state index in [1.807, 2.05) is 0 Å². The van der Waals surface area contributed by atoms with Crippen molar-refractivity contribution in [2.75, 3.05) is 29.6 Å². The number of carbonyl (C=O) groups is 3. The predicted octanol–water partition coefficient (Wildman–Crippen LogP) is 6.01. The van der Waals surface area contributed by atoms with Gasteiger partial charge >= 0.3 is 12.1 Å². The minimum atomic E-state index is -4.66. The molecule has 2 amide bonds. The molecule has 4 rings (SSSR count). The molecule has 1 fully saturated rings. The van der Waals surface area contributed by atoms with Crippen molar-refractivity contribution in [3.05, 3.63) is 35.2 Å². The Morgan fingerprint density at radius 2 is 1.82 bits per heavy atom. The normalized spacial score (nSPS) is 21.2. The number of hydrogen-bond acceptors (Lipinski definition) is 7. The molecule has 0 spiro atoms. The van der Waals surface area contributed by atoms with Gasteiger partial charge in [0.2, 0.25) is 11.8 Å². The monoisotopic (exact) mass is 567 g/mol. The van der Waals surface area contributed by atoms with Crippen molar-refractivity contribution < 1.29 is 32.3 Å². The number of rotatable bonds is 7. The van der Waals surface area contributed by atoms with E-state index >= 15 is 0 Å². The molecule has 12 heteroatoms. The summed E-state index contributed by atoms with van der Waals surface area (Å²) >= 11 is 2.42. The third kappa shape index (κ3) is 6.76. The van der Waals surface area contributed by atoms with Crippen LogP contribution in [0, 0.1) is 11.8 Å². The Labute approximate surface area is 226 Å². The maximum atomic E-state index is 13.6. The van der Waals surface area contributed by atoms with Gasteiger partial charge < -0.3 is 15.0 Å². The second kappa shape index (κ2) is 11.9. The van der Waals surface area contributed by atoms with E-state index in [1.165, 1.54) is 17.8 Å². The zero-order chi connectivity index (χ0) is 27.4. The van der Waals surface area contributed by atoms with Crippen molar-refractivity contribution in [1.82, 2.24) is 0 Å². The first kappa shape index (κ1) is 28.2. The number of aliphatic imine (C=N–C) groups is 1. The molecule has 1 saturated carbocycles. The van der Waals surface area contributed by atoms with Gasteiger partial charge in [0.05, 0.1) is 18.3 Å². The third-order valence-corrected chi connectivity index (χ3v) is 8.58. The molecular formula is C26H28F3N3O4S2.